The molecule has 5 heterocycles. The zero-order valence-corrected chi connectivity index (χ0v) is 20.6. The number of likely N-dealkylation sites (tertiary alicyclic amines) is 2. The largest absolute Gasteiger partial charge is 0.343 e. The molecule has 2 atom stereocenters. The summed E-state index contributed by atoms with van der Waals surface area (Å²) in [5.74, 6) is 1.29. The molecule has 3 aliphatic rings. The molecular weight excluding hydrogens is 436 g/mol. The molecule has 6 heteroatoms. The third-order valence-electron chi connectivity index (χ3n) is 8.32. The second-order valence-electron chi connectivity index (χ2n) is 10.8. The van der Waals surface area contributed by atoms with E-state index in [1.807, 2.05) is 10.6 Å². The summed E-state index contributed by atoms with van der Waals surface area (Å²) in [6, 6.07) is 14.4. The summed E-state index contributed by atoms with van der Waals surface area (Å²) >= 11 is 0. The zero-order valence-electron chi connectivity index (χ0n) is 20.6. The van der Waals surface area contributed by atoms with Gasteiger partial charge in [-0.2, -0.15) is 0 Å². The number of aromatic nitrogens is 2. The minimum absolute atomic E-state index is 0.144. The van der Waals surface area contributed by atoms with E-state index in [4.69, 9.17) is 0 Å². The van der Waals surface area contributed by atoms with Gasteiger partial charge >= 0.3 is 0 Å². The molecule has 2 saturated heterocycles. The first-order valence-electron chi connectivity index (χ1n) is 13.4. The Morgan fingerprint density at radius 1 is 0.943 bits per heavy atom. The smallest absolute Gasteiger partial charge is 0.250 e. The maximum atomic E-state index is 12.6. The van der Waals surface area contributed by atoms with Crippen molar-refractivity contribution in [2.45, 2.75) is 64.1 Å². The molecular formula is C29H36N4O2. The Bertz CT molecular complexity index is 1270. The highest BCUT2D eigenvalue weighted by Gasteiger charge is 2.34. The van der Waals surface area contributed by atoms with Crippen LogP contribution in [-0.2, 0) is 24.4 Å². The normalized spacial score (nSPS) is 22.3. The monoisotopic (exact) mass is 472 g/mol. The third kappa shape index (κ3) is 4.56. The fourth-order valence-electron chi connectivity index (χ4n) is 6.70. The number of amides is 1. The highest BCUT2D eigenvalue weighted by Crippen LogP contribution is 2.35. The topological polar surface area (TPSA) is 50.5 Å². The Kier molecular flexibility index (Phi) is 6.23. The number of piperidine rings is 2. The van der Waals surface area contributed by atoms with Crippen LogP contribution in [0.3, 0.4) is 0 Å². The number of carbonyl (C=O) groups excluding carboxylic acids is 1. The number of rotatable bonds is 6. The van der Waals surface area contributed by atoms with Gasteiger partial charge < -0.3 is 14.0 Å². The number of pyridine rings is 1. The van der Waals surface area contributed by atoms with Crippen molar-refractivity contribution in [3.05, 3.63) is 70.3 Å². The number of hydrogen-bond donors (Lipinski definition) is 0. The minimum atomic E-state index is 0.144. The van der Waals surface area contributed by atoms with E-state index in [1.54, 1.807) is 6.07 Å². The van der Waals surface area contributed by atoms with Crippen molar-refractivity contribution in [3.63, 3.8) is 0 Å². The van der Waals surface area contributed by atoms with Gasteiger partial charge in [-0.15, -0.1) is 0 Å². The number of para-hydroxylation sites is 1. The number of fused-ring (bicyclic) bond motifs is 5. The van der Waals surface area contributed by atoms with Crippen molar-refractivity contribution in [1.29, 1.82) is 0 Å². The first kappa shape index (κ1) is 22.6. The van der Waals surface area contributed by atoms with E-state index in [0.29, 0.717) is 24.2 Å². The molecule has 2 aromatic heterocycles. The lowest BCUT2D eigenvalue weighted by Gasteiger charge is -2.42. The van der Waals surface area contributed by atoms with E-state index in [2.05, 4.69) is 50.9 Å². The molecule has 6 nitrogen and oxygen atoms in total. The Morgan fingerprint density at radius 3 is 2.69 bits per heavy atom. The van der Waals surface area contributed by atoms with Crippen LogP contribution in [0.25, 0.3) is 10.9 Å². The Morgan fingerprint density at radius 2 is 1.80 bits per heavy atom. The van der Waals surface area contributed by atoms with Crippen molar-refractivity contribution in [2.24, 2.45) is 5.92 Å². The van der Waals surface area contributed by atoms with E-state index in [1.165, 1.54) is 35.0 Å². The van der Waals surface area contributed by atoms with Gasteiger partial charge in [-0.05, 0) is 62.1 Å². The van der Waals surface area contributed by atoms with Crippen molar-refractivity contribution in [3.8, 4) is 0 Å². The number of benzene rings is 1. The first-order valence-corrected chi connectivity index (χ1v) is 13.4. The molecule has 184 valence electrons. The predicted octanol–water partition coefficient (Wildman–Crippen LogP) is 4.22. The molecule has 0 N–H and O–H groups in total. The highest BCUT2D eigenvalue weighted by molar-refractivity contribution is 5.84. The molecule has 0 saturated carbocycles. The van der Waals surface area contributed by atoms with Crippen LogP contribution < -0.4 is 5.56 Å². The fraction of sp³-hybridized carbons (Fsp3) is 0.517. The molecule has 1 amide bonds. The van der Waals surface area contributed by atoms with Gasteiger partial charge in [0.15, 0.2) is 0 Å². The van der Waals surface area contributed by atoms with Crippen molar-refractivity contribution in [2.75, 3.05) is 26.2 Å². The number of hydrogen-bond acceptors (Lipinski definition) is 3. The summed E-state index contributed by atoms with van der Waals surface area (Å²) < 4.78 is 4.40. The summed E-state index contributed by atoms with van der Waals surface area (Å²) in [7, 11) is 0. The number of nitrogens with zero attached hydrogens (tertiary/aromatic N) is 4. The summed E-state index contributed by atoms with van der Waals surface area (Å²) in [5.41, 5.74) is 3.97. The lowest BCUT2D eigenvalue weighted by molar-refractivity contribution is -0.132. The van der Waals surface area contributed by atoms with Gasteiger partial charge in [-0.3, -0.25) is 14.5 Å². The van der Waals surface area contributed by atoms with Crippen LogP contribution in [0.5, 0.6) is 0 Å². The van der Waals surface area contributed by atoms with Gasteiger partial charge in [0.2, 0.25) is 5.91 Å². The molecule has 2 bridgehead atoms. The van der Waals surface area contributed by atoms with Crippen LogP contribution in [0, 0.1) is 5.92 Å². The molecule has 3 aliphatic heterocycles. The number of aryl methyl sites for hydroxylation is 1. The van der Waals surface area contributed by atoms with Crippen LogP contribution in [0.4, 0.5) is 0 Å². The van der Waals surface area contributed by atoms with Crippen molar-refractivity contribution < 1.29 is 4.79 Å². The molecule has 0 spiro atoms. The maximum absolute atomic E-state index is 12.6. The predicted molar refractivity (Wildman–Crippen MR) is 138 cm³/mol. The van der Waals surface area contributed by atoms with Gasteiger partial charge in [-0.25, -0.2) is 0 Å². The molecule has 3 aromatic rings. The zero-order chi connectivity index (χ0) is 23.8. The summed E-state index contributed by atoms with van der Waals surface area (Å²) in [5, 5.41) is 1.31. The van der Waals surface area contributed by atoms with E-state index in [9.17, 15) is 9.59 Å². The SMILES string of the molecule is O=C(CCCc1cn(CN2C[C@@H]3C[C@@H](C2)c2cccc(=O)n2C3)c2ccccc12)N1CCCCC1. The highest BCUT2D eigenvalue weighted by atomic mass is 16.2. The van der Waals surface area contributed by atoms with E-state index < -0.39 is 0 Å². The third-order valence-corrected chi connectivity index (χ3v) is 8.32. The summed E-state index contributed by atoms with van der Waals surface area (Å²) in [6.07, 6.45) is 9.55. The Hall–Kier alpha value is -2.86. The molecule has 2 fully saturated rings. The second-order valence-corrected chi connectivity index (χ2v) is 10.8. The average molecular weight is 473 g/mol. The van der Waals surface area contributed by atoms with Crippen LogP contribution in [0.2, 0.25) is 0 Å². The van der Waals surface area contributed by atoms with Crippen LogP contribution >= 0.6 is 0 Å². The van der Waals surface area contributed by atoms with Crippen LogP contribution in [0.15, 0.2) is 53.5 Å². The summed E-state index contributed by atoms with van der Waals surface area (Å²) in [4.78, 5) is 29.6. The maximum Gasteiger partial charge on any atom is 0.250 e. The molecule has 35 heavy (non-hydrogen) atoms. The van der Waals surface area contributed by atoms with Crippen molar-refractivity contribution in [1.82, 2.24) is 18.9 Å². The number of carbonyl (C=O) groups is 1. The molecule has 0 radical (unpaired) electrons. The average Bonchev–Trinajstić information content (AvgIpc) is 3.22. The first-order chi connectivity index (χ1) is 17.2. The standard InChI is InChI=1S/C29H36N4O2/c34-28(31-14-4-1-5-15-31)12-6-8-23-20-32(27-10-3-2-9-25(23)27)21-30-17-22-16-24(19-30)26-11-7-13-29(35)33(26)18-22/h2-3,7,9-11,13,20,22,24H,1,4-6,8,12,14-19,21H2/t22-,24-/m0/s1. The quantitative estimate of drug-likeness (QED) is 0.540. The summed E-state index contributed by atoms with van der Waals surface area (Å²) in [6.45, 7) is 5.61. The van der Waals surface area contributed by atoms with Crippen LogP contribution in [-0.4, -0.2) is 51.0 Å². The van der Waals surface area contributed by atoms with Crippen LogP contribution in [0.1, 0.15) is 55.7 Å². The van der Waals surface area contributed by atoms with Gasteiger partial charge in [0, 0.05) is 73.9 Å². The molecule has 6 rings (SSSR count). The van der Waals surface area contributed by atoms with Gasteiger partial charge in [0.05, 0.1) is 6.67 Å². The van der Waals surface area contributed by atoms with Crippen molar-refractivity contribution >= 4 is 16.8 Å². The second kappa shape index (κ2) is 9.65. The molecule has 0 aliphatic carbocycles. The van der Waals surface area contributed by atoms with E-state index in [-0.39, 0.29) is 5.56 Å². The molecule has 1 aromatic carbocycles. The van der Waals surface area contributed by atoms with Gasteiger partial charge in [0.1, 0.15) is 0 Å². The lowest BCUT2D eigenvalue weighted by atomic mass is 9.83. The Labute approximate surface area is 207 Å². The Balaban J connectivity index is 1.15. The molecule has 0 unspecified atom stereocenters. The van der Waals surface area contributed by atoms with Gasteiger partial charge in [0.25, 0.3) is 5.56 Å². The minimum Gasteiger partial charge on any atom is -0.343 e. The van der Waals surface area contributed by atoms with E-state index in [0.717, 1.165) is 65.1 Å². The van der Waals surface area contributed by atoms with Gasteiger partial charge in [-0.1, -0.05) is 24.3 Å². The fourth-order valence-corrected chi connectivity index (χ4v) is 6.70. The lowest BCUT2D eigenvalue weighted by Crippen LogP contribution is -2.47. The van der Waals surface area contributed by atoms with E-state index >= 15 is 0 Å².